The number of carbonyl (C=O) groups excluding carboxylic acids is 1. The molecule has 37 heavy (non-hydrogen) atoms. The van der Waals surface area contributed by atoms with Crippen molar-refractivity contribution in [3.05, 3.63) is 84.7 Å². The van der Waals surface area contributed by atoms with Crippen molar-refractivity contribution in [1.82, 2.24) is 19.1 Å². The van der Waals surface area contributed by atoms with E-state index in [4.69, 9.17) is 0 Å². The molecule has 0 saturated heterocycles. The number of nitrogens with zero attached hydrogens (tertiary/aromatic N) is 4. The van der Waals surface area contributed by atoms with Gasteiger partial charge in [0, 0.05) is 30.0 Å². The summed E-state index contributed by atoms with van der Waals surface area (Å²) in [6.45, 7) is 4.32. The zero-order valence-electron chi connectivity index (χ0n) is 20.3. The molecule has 11 heteroatoms. The van der Waals surface area contributed by atoms with Gasteiger partial charge in [0.15, 0.2) is 11.0 Å². The molecule has 0 bridgehead atoms. The van der Waals surface area contributed by atoms with Crippen molar-refractivity contribution in [2.75, 3.05) is 24.2 Å². The fourth-order valence-corrected chi connectivity index (χ4v) is 6.02. The first-order chi connectivity index (χ1) is 17.8. The summed E-state index contributed by atoms with van der Waals surface area (Å²) in [6, 6.07) is 21.6. The third-order valence-electron chi connectivity index (χ3n) is 5.52. The number of amides is 1. The molecule has 1 amide bonds. The number of carbonyl (C=O) groups is 1. The lowest BCUT2D eigenvalue weighted by Gasteiger charge is -2.19. The highest BCUT2D eigenvalue weighted by molar-refractivity contribution is 7.99. The number of halogens is 1. The van der Waals surface area contributed by atoms with Gasteiger partial charge in [-0.1, -0.05) is 62.0 Å². The summed E-state index contributed by atoms with van der Waals surface area (Å²) in [4.78, 5) is 12.7. The molecule has 4 rings (SSSR count). The molecule has 0 fully saturated rings. The summed E-state index contributed by atoms with van der Waals surface area (Å²) in [5.74, 6) is -0.315. The number of para-hydroxylation sites is 1. The van der Waals surface area contributed by atoms with Crippen LogP contribution in [-0.4, -0.2) is 52.2 Å². The first kappa shape index (κ1) is 26.5. The Morgan fingerprint density at radius 1 is 0.973 bits per heavy atom. The molecular weight excluding hydrogens is 513 g/mol. The van der Waals surface area contributed by atoms with Gasteiger partial charge in [0.1, 0.15) is 5.82 Å². The number of hydrogen-bond acceptors (Lipinski definition) is 6. The van der Waals surface area contributed by atoms with Crippen LogP contribution in [0.2, 0.25) is 0 Å². The lowest BCUT2D eigenvalue weighted by atomic mass is 10.2. The molecule has 0 saturated carbocycles. The lowest BCUT2D eigenvalue weighted by Crippen LogP contribution is -2.30. The minimum absolute atomic E-state index is 0.0118. The van der Waals surface area contributed by atoms with Gasteiger partial charge in [-0.25, -0.2) is 12.8 Å². The maximum absolute atomic E-state index is 13.4. The van der Waals surface area contributed by atoms with Crippen LogP contribution in [-0.2, 0) is 14.8 Å². The van der Waals surface area contributed by atoms with Crippen LogP contribution >= 0.6 is 11.8 Å². The van der Waals surface area contributed by atoms with Crippen LogP contribution in [0.1, 0.15) is 13.8 Å². The molecule has 0 spiro atoms. The average Bonchev–Trinajstić information content (AvgIpc) is 3.33. The van der Waals surface area contributed by atoms with Crippen LogP contribution in [0.15, 0.2) is 88.9 Å². The van der Waals surface area contributed by atoms with Crippen LogP contribution in [0.5, 0.6) is 0 Å². The summed E-state index contributed by atoms with van der Waals surface area (Å²) in [6.07, 6.45) is 0. The Balaban J connectivity index is 1.66. The first-order valence-corrected chi connectivity index (χ1v) is 14.1. The number of hydrogen-bond donors (Lipinski definition) is 1. The van der Waals surface area contributed by atoms with Crippen molar-refractivity contribution in [3.8, 4) is 17.1 Å². The Bertz CT molecular complexity index is 1490. The van der Waals surface area contributed by atoms with Crippen LogP contribution in [0, 0.1) is 5.82 Å². The van der Waals surface area contributed by atoms with Crippen molar-refractivity contribution in [1.29, 1.82) is 0 Å². The number of benzene rings is 3. The summed E-state index contributed by atoms with van der Waals surface area (Å²) in [5.41, 5.74) is 1.69. The van der Waals surface area contributed by atoms with Crippen LogP contribution in [0.4, 0.5) is 10.1 Å². The van der Waals surface area contributed by atoms with E-state index in [1.807, 2.05) is 30.3 Å². The van der Waals surface area contributed by atoms with Crippen LogP contribution < -0.4 is 5.32 Å². The third kappa shape index (κ3) is 6.07. The normalized spacial score (nSPS) is 11.6. The number of anilines is 1. The number of thioether (sulfide) groups is 1. The van der Waals surface area contributed by atoms with Crippen molar-refractivity contribution in [2.45, 2.75) is 23.9 Å². The lowest BCUT2D eigenvalue weighted by molar-refractivity contribution is -0.113. The Kier molecular flexibility index (Phi) is 8.37. The monoisotopic (exact) mass is 539 g/mol. The average molecular weight is 540 g/mol. The highest BCUT2D eigenvalue weighted by atomic mass is 32.2. The van der Waals surface area contributed by atoms with E-state index >= 15 is 0 Å². The van der Waals surface area contributed by atoms with Gasteiger partial charge in [-0.3, -0.25) is 9.36 Å². The molecule has 8 nitrogen and oxygen atoms in total. The smallest absolute Gasteiger partial charge is 0.243 e. The standard InChI is InChI=1S/C26H26FN5O3S2/c1-3-31(4-2)37(34,35)23-15-8-10-19(16-23)25-29-30-26(32(25)22-13-6-5-7-14-22)36-18-24(33)28-21-12-9-11-20(27)17-21/h5-17H,3-4,18H2,1-2H3,(H,28,33). The van der Waals surface area contributed by atoms with Gasteiger partial charge in [-0.2, -0.15) is 4.31 Å². The van der Waals surface area contributed by atoms with Crippen LogP contribution in [0.25, 0.3) is 17.1 Å². The highest BCUT2D eigenvalue weighted by Crippen LogP contribution is 2.30. The maximum Gasteiger partial charge on any atom is 0.243 e. The first-order valence-electron chi connectivity index (χ1n) is 11.6. The van der Waals surface area contributed by atoms with Crippen molar-refractivity contribution in [3.63, 3.8) is 0 Å². The second-order valence-electron chi connectivity index (χ2n) is 7.94. The minimum Gasteiger partial charge on any atom is -0.325 e. The Labute approximate surface area is 219 Å². The molecule has 0 aliphatic carbocycles. The molecule has 1 N–H and O–H groups in total. The molecule has 4 aromatic rings. The van der Waals surface area contributed by atoms with E-state index in [-0.39, 0.29) is 16.6 Å². The van der Waals surface area contributed by atoms with E-state index < -0.39 is 15.8 Å². The largest absolute Gasteiger partial charge is 0.325 e. The van der Waals surface area contributed by atoms with Gasteiger partial charge in [-0.05, 0) is 42.5 Å². The molecule has 1 aromatic heterocycles. The molecule has 0 atom stereocenters. The predicted octanol–water partition coefficient (Wildman–Crippen LogP) is 4.83. The number of sulfonamides is 1. The van der Waals surface area contributed by atoms with E-state index in [1.165, 1.54) is 34.3 Å². The number of nitrogens with one attached hydrogen (secondary N) is 1. The molecular formula is C26H26FN5O3S2. The molecule has 3 aromatic carbocycles. The third-order valence-corrected chi connectivity index (χ3v) is 8.50. The van der Waals surface area contributed by atoms with Gasteiger partial charge >= 0.3 is 0 Å². The van der Waals surface area contributed by atoms with Crippen LogP contribution in [0.3, 0.4) is 0 Å². The van der Waals surface area contributed by atoms with Crippen molar-refractivity contribution < 1.29 is 17.6 Å². The summed E-state index contributed by atoms with van der Waals surface area (Å²) < 4.78 is 42.8. The van der Waals surface area contributed by atoms with Gasteiger partial charge < -0.3 is 5.32 Å². The fraction of sp³-hybridized carbons (Fsp3) is 0.192. The summed E-state index contributed by atoms with van der Waals surface area (Å²) >= 11 is 1.17. The highest BCUT2D eigenvalue weighted by Gasteiger charge is 2.24. The molecule has 0 aliphatic rings. The molecule has 0 unspecified atom stereocenters. The molecule has 1 heterocycles. The van der Waals surface area contributed by atoms with Crippen molar-refractivity contribution in [2.24, 2.45) is 0 Å². The summed E-state index contributed by atoms with van der Waals surface area (Å²) in [7, 11) is -3.67. The quantitative estimate of drug-likeness (QED) is 0.290. The van der Waals surface area contributed by atoms with E-state index in [0.717, 1.165) is 5.69 Å². The zero-order chi connectivity index (χ0) is 26.4. The maximum atomic E-state index is 13.4. The van der Waals surface area contributed by atoms with E-state index in [9.17, 15) is 17.6 Å². The van der Waals surface area contributed by atoms with Gasteiger partial charge in [0.05, 0.1) is 10.6 Å². The fourth-order valence-electron chi connectivity index (χ4n) is 3.76. The Morgan fingerprint density at radius 3 is 2.41 bits per heavy atom. The van der Waals surface area contributed by atoms with Gasteiger partial charge in [0.25, 0.3) is 0 Å². The number of aromatic nitrogens is 3. The van der Waals surface area contributed by atoms with Crippen molar-refractivity contribution >= 4 is 33.4 Å². The Hall–Kier alpha value is -3.54. The Morgan fingerprint density at radius 2 is 1.70 bits per heavy atom. The van der Waals surface area contributed by atoms with E-state index in [1.54, 1.807) is 48.7 Å². The second-order valence-corrected chi connectivity index (χ2v) is 10.8. The second kappa shape index (κ2) is 11.7. The molecule has 0 aliphatic heterocycles. The SMILES string of the molecule is CCN(CC)S(=O)(=O)c1cccc(-c2nnc(SCC(=O)Nc3cccc(F)c3)n2-c2ccccc2)c1. The molecule has 0 radical (unpaired) electrons. The topological polar surface area (TPSA) is 97.2 Å². The van der Waals surface area contributed by atoms with E-state index in [2.05, 4.69) is 15.5 Å². The van der Waals surface area contributed by atoms with Gasteiger partial charge in [-0.15, -0.1) is 10.2 Å². The minimum atomic E-state index is -3.67. The molecule has 192 valence electrons. The van der Waals surface area contributed by atoms with E-state index in [0.29, 0.717) is 35.3 Å². The summed E-state index contributed by atoms with van der Waals surface area (Å²) in [5, 5.41) is 11.8. The van der Waals surface area contributed by atoms with Gasteiger partial charge in [0.2, 0.25) is 15.9 Å². The zero-order valence-corrected chi connectivity index (χ0v) is 22.0. The predicted molar refractivity (Wildman–Crippen MR) is 143 cm³/mol. The number of rotatable bonds is 10.